The fourth-order valence-corrected chi connectivity index (χ4v) is 9.17. The van der Waals surface area contributed by atoms with Gasteiger partial charge in [0.2, 0.25) is 17.6 Å². The number of likely N-dealkylation sites (tertiary alicyclic amines) is 1. The zero-order valence-corrected chi connectivity index (χ0v) is 36.1. The lowest BCUT2D eigenvalue weighted by Crippen LogP contribution is -2.62. The van der Waals surface area contributed by atoms with E-state index in [2.05, 4.69) is 33.8 Å². The van der Waals surface area contributed by atoms with E-state index in [1.54, 1.807) is 30.3 Å². The molecule has 0 bridgehead atoms. The molecule has 0 aromatic heterocycles. The Morgan fingerprint density at radius 3 is 2.27 bits per heavy atom. The van der Waals surface area contributed by atoms with Crippen molar-refractivity contribution in [2.75, 3.05) is 33.7 Å². The molecular formula is C42H61N7O9S. The summed E-state index contributed by atoms with van der Waals surface area (Å²) >= 11 is 0. The number of urea groups is 1. The van der Waals surface area contributed by atoms with Crippen molar-refractivity contribution in [3.05, 3.63) is 48.6 Å². The molecule has 1 aromatic rings. The molecule has 324 valence electrons. The van der Waals surface area contributed by atoms with Crippen molar-refractivity contribution in [3.63, 3.8) is 0 Å². The number of terminal acetylenes is 1. The number of ketones is 1. The van der Waals surface area contributed by atoms with Gasteiger partial charge in [-0.15, -0.1) is 18.9 Å². The predicted octanol–water partition coefficient (Wildman–Crippen LogP) is 2.96. The summed E-state index contributed by atoms with van der Waals surface area (Å²) in [4.78, 5) is 82.6. The molecule has 3 fully saturated rings. The number of hydrogen-bond donors (Lipinski definition) is 4. The van der Waals surface area contributed by atoms with Crippen LogP contribution >= 0.6 is 0 Å². The molecule has 59 heavy (non-hydrogen) atoms. The number of Topliss-reactive ketones (excluding diaryl/α,β-unsaturated/α-hetero) is 1. The number of carbonyl (C=O) groups excluding carboxylic acids is 6. The summed E-state index contributed by atoms with van der Waals surface area (Å²) in [6.07, 6.45) is 9.60. The van der Waals surface area contributed by atoms with Crippen LogP contribution in [0.15, 0.2) is 43.0 Å². The average Bonchev–Trinajstić information content (AvgIpc) is 3.49. The molecule has 2 aliphatic carbocycles. The summed E-state index contributed by atoms with van der Waals surface area (Å²) in [5, 5.41) is 10.9. The summed E-state index contributed by atoms with van der Waals surface area (Å²) in [6.45, 7) is 13.0. The number of piperidine rings is 1. The molecule has 0 spiro atoms. The molecule has 6 atom stereocenters. The van der Waals surface area contributed by atoms with E-state index >= 15 is 0 Å². The van der Waals surface area contributed by atoms with Crippen LogP contribution in [0.3, 0.4) is 0 Å². The van der Waals surface area contributed by atoms with Gasteiger partial charge in [0.1, 0.15) is 24.7 Å². The van der Waals surface area contributed by atoms with Gasteiger partial charge in [-0.3, -0.25) is 19.2 Å². The Kier molecular flexibility index (Phi) is 15.4. The van der Waals surface area contributed by atoms with Crippen molar-refractivity contribution in [2.24, 2.45) is 28.6 Å². The van der Waals surface area contributed by atoms with Crippen molar-refractivity contribution in [3.8, 4) is 12.3 Å². The molecule has 1 heterocycles. The van der Waals surface area contributed by atoms with E-state index in [9.17, 15) is 37.2 Å². The normalized spacial score (nSPS) is 21.4. The Morgan fingerprint density at radius 1 is 1.03 bits per heavy atom. The largest absolute Gasteiger partial charge is 0.444 e. The average molecular weight is 840 g/mol. The topological polar surface area (TPSA) is 204 Å². The van der Waals surface area contributed by atoms with Gasteiger partial charge in [-0.25, -0.2) is 9.59 Å². The quantitative estimate of drug-likeness (QED) is 0.103. The summed E-state index contributed by atoms with van der Waals surface area (Å²) in [5.41, 5.74) is -0.295. The molecule has 1 saturated heterocycles. The highest BCUT2D eigenvalue weighted by molar-refractivity contribution is 7.87. The molecule has 16 nitrogen and oxygen atoms in total. The Bertz CT molecular complexity index is 1890. The highest BCUT2D eigenvalue weighted by Gasteiger charge is 2.69. The lowest BCUT2D eigenvalue weighted by atomic mass is 9.83. The number of ether oxygens (including phenoxy) is 1. The second kappa shape index (κ2) is 19.4. The first kappa shape index (κ1) is 46.7. The minimum absolute atomic E-state index is 0.0165. The maximum absolute atomic E-state index is 14.7. The Morgan fingerprint density at radius 2 is 1.68 bits per heavy atom. The van der Waals surface area contributed by atoms with Crippen molar-refractivity contribution in [1.29, 1.82) is 0 Å². The second-order valence-corrected chi connectivity index (χ2v) is 19.5. The Hall–Kier alpha value is -4.95. The molecule has 6 amide bonds. The van der Waals surface area contributed by atoms with Crippen LogP contribution in [-0.2, 0) is 40.7 Å². The zero-order valence-electron chi connectivity index (χ0n) is 35.3. The number of nitrogens with one attached hydrogen (secondary N) is 4. The molecule has 4 N–H and O–H groups in total. The van der Waals surface area contributed by atoms with Crippen LogP contribution in [0.5, 0.6) is 0 Å². The first-order valence-electron chi connectivity index (χ1n) is 20.1. The van der Waals surface area contributed by atoms with Crippen molar-refractivity contribution >= 4 is 45.8 Å². The van der Waals surface area contributed by atoms with Crippen molar-refractivity contribution in [2.45, 2.75) is 104 Å². The van der Waals surface area contributed by atoms with Crippen molar-refractivity contribution < 1.29 is 41.9 Å². The first-order chi connectivity index (χ1) is 27.7. The SMILES string of the molecule is C#CCC(NC(=O)[C@@H]1[C@@H]2[C@H](CN1C(=O)[C@@H](NC(=O)N[C@H](CN(C)S(=O)(=O)N(C)C(=O)OCc1ccccc1)C(C)(C)C)C1CCCCC1)C2(C)C)C(=O)C(=O)NCC=C. The van der Waals surface area contributed by atoms with Gasteiger partial charge in [-0.1, -0.05) is 90.3 Å². The van der Waals surface area contributed by atoms with Crippen LogP contribution in [0.4, 0.5) is 9.59 Å². The first-order valence-corrected chi connectivity index (χ1v) is 21.5. The summed E-state index contributed by atoms with van der Waals surface area (Å²) in [7, 11) is -2.00. The number of carbonyl (C=O) groups is 6. The molecule has 2 saturated carbocycles. The van der Waals surface area contributed by atoms with Gasteiger partial charge in [0, 0.05) is 46.2 Å². The molecule has 3 aliphatic rings. The third kappa shape index (κ3) is 11.2. The van der Waals surface area contributed by atoms with E-state index < -0.39 is 75.4 Å². The molecule has 17 heteroatoms. The van der Waals surface area contributed by atoms with E-state index in [-0.39, 0.29) is 55.8 Å². The van der Waals surface area contributed by atoms with E-state index in [4.69, 9.17) is 11.2 Å². The highest BCUT2D eigenvalue weighted by Crippen LogP contribution is 2.65. The van der Waals surface area contributed by atoms with Crippen LogP contribution in [0.1, 0.15) is 78.7 Å². The van der Waals surface area contributed by atoms with Crippen LogP contribution in [0.2, 0.25) is 0 Å². The second-order valence-electron chi connectivity index (χ2n) is 17.4. The standard InChI is InChI=1S/C42H61N7O9S/c1-10-18-30(35(50)37(52)43-23-11-2)44-36(51)34-32-29(42(32,6)7)24-49(34)38(53)33(28-21-16-13-17-22-28)46-39(54)45-31(41(3,4)5)25-47(8)59(56,57)48(9)40(55)58-26-27-19-14-12-15-20-27/h1,11-12,14-15,19-20,28-34H,2,13,16-18,21-26H2,3-9H3,(H,43,52)(H,44,51)(H2,45,46,54)/t29-,30?,31+,32-,33-,34-/m0/s1. The fraction of sp³-hybridized carbons (Fsp3) is 0.619. The number of likely N-dealkylation sites (N-methyl/N-ethyl adjacent to an activating group) is 1. The third-order valence-electron chi connectivity index (χ3n) is 12.0. The van der Waals surface area contributed by atoms with Crippen LogP contribution in [0.25, 0.3) is 0 Å². The molecule has 1 aromatic carbocycles. The maximum atomic E-state index is 14.7. The number of amides is 6. The van der Waals surface area contributed by atoms with Gasteiger partial charge < -0.3 is 30.9 Å². The van der Waals surface area contributed by atoms with Gasteiger partial charge >= 0.3 is 22.3 Å². The monoisotopic (exact) mass is 839 g/mol. The Balaban J connectivity index is 1.51. The van der Waals surface area contributed by atoms with Gasteiger partial charge in [-0.2, -0.15) is 17.0 Å². The third-order valence-corrected chi connectivity index (χ3v) is 13.8. The number of benzene rings is 1. The van der Waals surface area contributed by atoms with Gasteiger partial charge in [0.05, 0.1) is 0 Å². The molecule has 4 rings (SSSR count). The number of rotatable bonds is 17. The van der Waals surface area contributed by atoms with Crippen molar-refractivity contribution in [1.82, 2.24) is 34.8 Å². The predicted molar refractivity (Wildman–Crippen MR) is 221 cm³/mol. The number of hydrogen-bond acceptors (Lipinski definition) is 9. The van der Waals surface area contributed by atoms with E-state index in [0.29, 0.717) is 22.7 Å². The Labute approximate surface area is 348 Å². The lowest BCUT2D eigenvalue weighted by Gasteiger charge is -2.38. The van der Waals surface area contributed by atoms with Crippen LogP contribution in [-0.4, -0.2) is 115 Å². The van der Waals surface area contributed by atoms with Gasteiger partial charge in [-0.05, 0) is 47.0 Å². The number of nitrogens with zero attached hydrogens (tertiary/aromatic N) is 3. The molecule has 1 unspecified atom stereocenters. The minimum Gasteiger partial charge on any atom is -0.444 e. The van der Waals surface area contributed by atoms with E-state index in [0.717, 1.165) is 30.6 Å². The number of fused-ring (bicyclic) bond motifs is 1. The minimum atomic E-state index is -4.39. The molecular weight excluding hydrogens is 779 g/mol. The summed E-state index contributed by atoms with van der Waals surface area (Å²) < 4.78 is 33.7. The fourth-order valence-electron chi connectivity index (χ4n) is 8.18. The maximum Gasteiger partial charge on any atom is 0.424 e. The summed E-state index contributed by atoms with van der Waals surface area (Å²) in [5.74, 6) is -1.04. The van der Waals surface area contributed by atoms with E-state index in [1.165, 1.54) is 18.0 Å². The van der Waals surface area contributed by atoms with Gasteiger partial charge in [0.25, 0.3) is 5.91 Å². The lowest BCUT2D eigenvalue weighted by molar-refractivity contribution is -0.144. The van der Waals surface area contributed by atoms with E-state index in [1.807, 2.05) is 34.6 Å². The van der Waals surface area contributed by atoms with Crippen LogP contribution < -0.4 is 21.3 Å². The highest BCUT2D eigenvalue weighted by atomic mass is 32.2. The molecule has 0 radical (unpaired) electrons. The smallest absolute Gasteiger partial charge is 0.424 e. The summed E-state index contributed by atoms with van der Waals surface area (Å²) in [6, 6.07) is 4.00. The zero-order chi connectivity index (χ0) is 43.9. The van der Waals surface area contributed by atoms with Gasteiger partial charge in [0.15, 0.2) is 0 Å². The van der Waals surface area contributed by atoms with Crippen LogP contribution in [0, 0.1) is 40.9 Å². The molecule has 1 aliphatic heterocycles.